The summed E-state index contributed by atoms with van der Waals surface area (Å²) < 4.78 is 0. The van der Waals surface area contributed by atoms with Gasteiger partial charge in [-0.25, -0.2) is 4.98 Å². The van der Waals surface area contributed by atoms with Crippen LogP contribution in [0, 0.1) is 23.7 Å². The number of piperidine rings is 1. The minimum absolute atomic E-state index is 0.00499. The lowest BCUT2D eigenvalue weighted by atomic mass is 9.86. The van der Waals surface area contributed by atoms with E-state index in [9.17, 15) is 9.59 Å². The van der Waals surface area contributed by atoms with E-state index in [0.29, 0.717) is 23.5 Å². The first-order chi connectivity index (χ1) is 11.2. The number of aromatic nitrogens is 1. The molecule has 0 unspecified atom stereocenters. The van der Waals surface area contributed by atoms with Crippen LogP contribution in [0.3, 0.4) is 0 Å². The van der Waals surface area contributed by atoms with E-state index in [4.69, 9.17) is 0 Å². The van der Waals surface area contributed by atoms with Crippen LogP contribution in [0.1, 0.15) is 38.5 Å². The first kappa shape index (κ1) is 15.1. The maximum absolute atomic E-state index is 12.9. The number of nitrogens with one attached hydrogen (secondary N) is 1. The first-order valence-corrected chi connectivity index (χ1v) is 9.58. The van der Waals surface area contributed by atoms with Crippen molar-refractivity contribution in [2.24, 2.45) is 23.7 Å². The fourth-order valence-electron chi connectivity index (χ4n) is 4.67. The van der Waals surface area contributed by atoms with Crippen LogP contribution in [0.2, 0.25) is 0 Å². The van der Waals surface area contributed by atoms with Gasteiger partial charge in [-0.15, -0.1) is 11.3 Å². The van der Waals surface area contributed by atoms with Gasteiger partial charge in [-0.3, -0.25) is 9.59 Å². The van der Waals surface area contributed by atoms with E-state index in [0.717, 1.165) is 31.7 Å². The number of rotatable bonds is 3. The van der Waals surface area contributed by atoms with Crippen LogP contribution in [0.15, 0.2) is 11.6 Å². The number of likely N-dealkylation sites (tertiary alicyclic amines) is 1. The Balaban J connectivity index is 1.37. The highest BCUT2D eigenvalue weighted by Crippen LogP contribution is 2.49. The molecule has 4 rings (SSSR count). The van der Waals surface area contributed by atoms with Crippen molar-refractivity contribution in [2.75, 3.05) is 18.4 Å². The standard InChI is InChI=1S/C17H23N3O2S/c21-15(19-17-18-5-7-23-17)13-2-1-6-20(10-13)16(22)14-9-11-3-4-12(14)8-11/h5,7,11-14H,1-4,6,8-10H2,(H,18,19,21)/t11-,12-,13-,14-/m0/s1. The molecule has 0 spiro atoms. The minimum Gasteiger partial charge on any atom is -0.342 e. The van der Waals surface area contributed by atoms with Gasteiger partial charge < -0.3 is 10.2 Å². The largest absolute Gasteiger partial charge is 0.342 e. The van der Waals surface area contributed by atoms with Gasteiger partial charge in [-0.05, 0) is 43.9 Å². The molecule has 1 aliphatic heterocycles. The van der Waals surface area contributed by atoms with E-state index in [1.165, 1.54) is 30.6 Å². The molecule has 1 saturated heterocycles. The molecule has 1 aromatic rings. The average molecular weight is 333 g/mol. The summed E-state index contributed by atoms with van der Waals surface area (Å²) in [6.07, 6.45) is 8.33. The summed E-state index contributed by atoms with van der Waals surface area (Å²) in [7, 11) is 0. The SMILES string of the molecule is O=C(Nc1nccs1)[C@H]1CCCN(C(=O)[C@H]2C[C@H]3CC[C@H]2C3)C1. The molecule has 124 valence electrons. The van der Waals surface area contributed by atoms with Gasteiger partial charge in [0.05, 0.1) is 5.92 Å². The second-order valence-electron chi connectivity index (χ2n) is 7.23. The molecule has 3 aliphatic rings. The fourth-order valence-corrected chi connectivity index (χ4v) is 5.20. The maximum atomic E-state index is 12.9. The third-order valence-electron chi connectivity index (χ3n) is 5.82. The van der Waals surface area contributed by atoms with Gasteiger partial charge in [0.15, 0.2) is 5.13 Å². The van der Waals surface area contributed by atoms with Crippen molar-refractivity contribution in [1.82, 2.24) is 9.88 Å². The number of thiazole rings is 1. The predicted molar refractivity (Wildman–Crippen MR) is 89.0 cm³/mol. The molecule has 4 atom stereocenters. The van der Waals surface area contributed by atoms with Crippen LogP contribution in [-0.2, 0) is 9.59 Å². The van der Waals surface area contributed by atoms with E-state index in [1.807, 2.05) is 10.3 Å². The van der Waals surface area contributed by atoms with E-state index < -0.39 is 0 Å². The molecule has 23 heavy (non-hydrogen) atoms. The molecule has 3 fully saturated rings. The van der Waals surface area contributed by atoms with Crippen LogP contribution >= 0.6 is 11.3 Å². The topological polar surface area (TPSA) is 62.3 Å². The summed E-state index contributed by atoms with van der Waals surface area (Å²) in [6, 6.07) is 0. The average Bonchev–Trinajstić information content (AvgIpc) is 3.32. The van der Waals surface area contributed by atoms with Gasteiger partial charge in [-0.1, -0.05) is 6.42 Å². The highest BCUT2D eigenvalue weighted by Gasteiger charge is 2.45. The zero-order valence-corrected chi connectivity index (χ0v) is 14.1. The van der Waals surface area contributed by atoms with E-state index in [2.05, 4.69) is 10.3 Å². The van der Waals surface area contributed by atoms with E-state index in [1.54, 1.807) is 6.20 Å². The number of anilines is 1. The molecule has 2 aliphatic carbocycles. The highest BCUT2D eigenvalue weighted by molar-refractivity contribution is 7.13. The van der Waals surface area contributed by atoms with Crippen molar-refractivity contribution in [1.29, 1.82) is 0 Å². The van der Waals surface area contributed by atoms with E-state index >= 15 is 0 Å². The van der Waals surface area contributed by atoms with Gasteiger partial charge in [-0.2, -0.15) is 0 Å². The quantitative estimate of drug-likeness (QED) is 0.925. The van der Waals surface area contributed by atoms with Crippen LogP contribution in [0.4, 0.5) is 5.13 Å². The predicted octanol–water partition coefficient (Wildman–Crippen LogP) is 2.76. The van der Waals surface area contributed by atoms with Crippen molar-refractivity contribution < 1.29 is 9.59 Å². The van der Waals surface area contributed by atoms with Gasteiger partial charge >= 0.3 is 0 Å². The molecule has 1 N–H and O–H groups in total. The fraction of sp³-hybridized carbons (Fsp3) is 0.706. The monoisotopic (exact) mass is 333 g/mol. The highest BCUT2D eigenvalue weighted by atomic mass is 32.1. The van der Waals surface area contributed by atoms with Crippen molar-refractivity contribution >= 4 is 28.3 Å². The summed E-state index contributed by atoms with van der Waals surface area (Å²) in [5.41, 5.74) is 0. The van der Waals surface area contributed by atoms with Crippen molar-refractivity contribution in [3.8, 4) is 0 Å². The summed E-state index contributed by atoms with van der Waals surface area (Å²) in [4.78, 5) is 31.3. The Morgan fingerprint density at radius 2 is 2.17 bits per heavy atom. The Morgan fingerprint density at radius 3 is 2.87 bits per heavy atom. The zero-order chi connectivity index (χ0) is 15.8. The number of carbonyl (C=O) groups is 2. The lowest BCUT2D eigenvalue weighted by molar-refractivity contribution is -0.140. The van der Waals surface area contributed by atoms with Crippen LogP contribution in [-0.4, -0.2) is 34.8 Å². The first-order valence-electron chi connectivity index (χ1n) is 8.70. The second kappa shape index (κ2) is 6.23. The zero-order valence-electron chi connectivity index (χ0n) is 13.2. The molecular formula is C17H23N3O2S. The van der Waals surface area contributed by atoms with E-state index in [-0.39, 0.29) is 17.7 Å². The normalized spacial score (nSPS) is 33.0. The Kier molecular flexibility index (Phi) is 4.09. The summed E-state index contributed by atoms with van der Waals surface area (Å²) in [5, 5.41) is 5.37. The minimum atomic E-state index is -0.102. The number of carbonyl (C=O) groups excluding carboxylic acids is 2. The number of nitrogens with zero attached hydrogens (tertiary/aromatic N) is 2. The van der Waals surface area contributed by atoms with Crippen molar-refractivity contribution in [3.05, 3.63) is 11.6 Å². The molecule has 2 heterocycles. The van der Waals surface area contributed by atoms with Crippen LogP contribution in [0.5, 0.6) is 0 Å². The van der Waals surface area contributed by atoms with Crippen LogP contribution < -0.4 is 5.32 Å². The summed E-state index contributed by atoms with van der Waals surface area (Å²) in [6.45, 7) is 1.39. The van der Waals surface area contributed by atoms with Crippen LogP contribution in [0.25, 0.3) is 0 Å². The number of fused-ring (bicyclic) bond motifs is 2. The second-order valence-corrected chi connectivity index (χ2v) is 8.13. The molecule has 5 nitrogen and oxygen atoms in total. The molecule has 0 radical (unpaired) electrons. The molecular weight excluding hydrogens is 310 g/mol. The Morgan fingerprint density at radius 1 is 1.26 bits per heavy atom. The van der Waals surface area contributed by atoms with Gasteiger partial charge in [0.2, 0.25) is 11.8 Å². The molecule has 2 bridgehead atoms. The third-order valence-corrected chi connectivity index (χ3v) is 6.51. The van der Waals surface area contributed by atoms with Gasteiger partial charge in [0.1, 0.15) is 0 Å². The summed E-state index contributed by atoms with van der Waals surface area (Å²) >= 11 is 1.43. The Labute approximate surface area is 140 Å². The number of hydrogen-bond donors (Lipinski definition) is 1. The number of hydrogen-bond acceptors (Lipinski definition) is 4. The van der Waals surface area contributed by atoms with Gasteiger partial charge in [0.25, 0.3) is 0 Å². The van der Waals surface area contributed by atoms with Crippen molar-refractivity contribution in [2.45, 2.75) is 38.5 Å². The summed E-state index contributed by atoms with van der Waals surface area (Å²) in [5.74, 6) is 1.83. The molecule has 6 heteroatoms. The lowest BCUT2D eigenvalue weighted by Gasteiger charge is -2.35. The molecule has 1 aromatic heterocycles. The Bertz CT molecular complexity index is 589. The third kappa shape index (κ3) is 3.01. The van der Waals surface area contributed by atoms with Gasteiger partial charge in [0, 0.05) is 30.6 Å². The maximum Gasteiger partial charge on any atom is 0.231 e. The number of amides is 2. The molecule has 2 saturated carbocycles. The lowest BCUT2D eigenvalue weighted by Crippen LogP contribution is -2.46. The molecule has 2 amide bonds. The molecule has 0 aromatic carbocycles. The van der Waals surface area contributed by atoms with Crippen molar-refractivity contribution in [3.63, 3.8) is 0 Å². The Hall–Kier alpha value is -1.43. The smallest absolute Gasteiger partial charge is 0.231 e.